The van der Waals surface area contributed by atoms with Gasteiger partial charge in [-0.2, -0.15) is 0 Å². The molecule has 0 atom stereocenters. The maximum Gasteiger partial charge on any atom is 0.253 e. The lowest BCUT2D eigenvalue weighted by Gasteiger charge is -2.33. The number of benzene rings is 1. The van der Waals surface area contributed by atoms with Crippen molar-refractivity contribution in [1.82, 2.24) is 9.80 Å². The first kappa shape index (κ1) is 14.6. The summed E-state index contributed by atoms with van der Waals surface area (Å²) in [6.07, 6.45) is 5.29. The van der Waals surface area contributed by atoms with Crippen molar-refractivity contribution >= 4 is 40.1 Å². The molecule has 1 aromatic rings. The summed E-state index contributed by atoms with van der Waals surface area (Å²) < 4.78 is 0.953. The number of carbonyl (C=O) groups excluding carboxylic acids is 1. The van der Waals surface area contributed by atoms with Gasteiger partial charge in [0.25, 0.3) is 5.91 Å². The van der Waals surface area contributed by atoms with E-state index in [9.17, 15) is 4.79 Å². The average Bonchev–Trinajstić information content (AvgIpc) is 2.42. The molecule has 1 aliphatic heterocycles. The third-order valence-electron chi connectivity index (χ3n) is 3.14. The van der Waals surface area contributed by atoms with E-state index in [0.717, 1.165) is 16.7 Å². The van der Waals surface area contributed by atoms with Gasteiger partial charge in [0.15, 0.2) is 0 Å². The molecule has 0 N–H and O–H groups in total. The maximum atomic E-state index is 12.3. The van der Waals surface area contributed by atoms with Gasteiger partial charge in [-0.1, -0.05) is 17.5 Å². The lowest BCUT2D eigenvalue weighted by molar-refractivity contribution is 0.0652. The van der Waals surface area contributed by atoms with Crippen LogP contribution in [0, 0.1) is 15.9 Å². The molecule has 1 aliphatic rings. The molecule has 0 aromatic heterocycles. The number of hydrogen-bond donors (Lipinski definition) is 0. The fourth-order valence-corrected chi connectivity index (χ4v) is 2.57. The molecule has 1 saturated heterocycles. The molecule has 1 aromatic carbocycles. The van der Waals surface area contributed by atoms with Crippen LogP contribution in [0.1, 0.15) is 10.4 Å². The predicted molar refractivity (Wildman–Crippen MR) is 85.3 cm³/mol. The number of amides is 1. The van der Waals surface area contributed by atoms with E-state index in [-0.39, 0.29) is 5.91 Å². The van der Waals surface area contributed by atoms with Crippen molar-refractivity contribution in [2.45, 2.75) is 0 Å². The van der Waals surface area contributed by atoms with Gasteiger partial charge in [-0.25, -0.2) is 0 Å². The quantitative estimate of drug-likeness (QED) is 0.573. The summed E-state index contributed by atoms with van der Waals surface area (Å²) in [7, 11) is 0. The summed E-state index contributed by atoms with van der Waals surface area (Å²) in [6.45, 7) is 3.73. The van der Waals surface area contributed by atoms with Gasteiger partial charge in [-0.05, 0) is 40.8 Å². The zero-order chi connectivity index (χ0) is 13.8. The Morgan fingerprint density at radius 3 is 2.63 bits per heavy atom. The number of terminal acetylenes is 1. The van der Waals surface area contributed by atoms with Gasteiger partial charge in [0.2, 0.25) is 0 Å². The molecule has 2 rings (SSSR count). The van der Waals surface area contributed by atoms with Crippen LogP contribution >= 0.6 is 34.2 Å². The molecule has 0 radical (unpaired) electrons. The Labute approximate surface area is 132 Å². The Bertz CT molecular complexity index is 519. The lowest BCUT2D eigenvalue weighted by Crippen LogP contribution is -2.48. The second-order valence-electron chi connectivity index (χ2n) is 4.40. The molecule has 0 saturated carbocycles. The van der Waals surface area contributed by atoms with E-state index in [2.05, 4.69) is 33.4 Å². The molecule has 0 spiro atoms. The molecule has 0 aliphatic carbocycles. The van der Waals surface area contributed by atoms with E-state index in [1.807, 2.05) is 17.0 Å². The van der Waals surface area contributed by atoms with E-state index in [4.69, 9.17) is 18.0 Å². The Kier molecular flexibility index (Phi) is 5.08. The number of carbonyl (C=O) groups is 1. The van der Waals surface area contributed by atoms with E-state index >= 15 is 0 Å². The summed E-state index contributed by atoms with van der Waals surface area (Å²) in [6, 6.07) is 5.42. The van der Waals surface area contributed by atoms with Gasteiger partial charge in [0, 0.05) is 35.3 Å². The Hall–Kier alpha value is -0.770. The molecule has 0 unspecified atom stereocenters. The van der Waals surface area contributed by atoms with Crippen molar-refractivity contribution in [2.24, 2.45) is 0 Å². The van der Waals surface area contributed by atoms with Crippen LogP contribution in [0.5, 0.6) is 0 Å². The van der Waals surface area contributed by atoms with Crippen molar-refractivity contribution in [3.8, 4) is 12.3 Å². The first-order valence-electron chi connectivity index (χ1n) is 6.02. The summed E-state index contributed by atoms with van der Waals surface area (Å²) in [4.78, 5) is 16.4. The van der Waals surface area contributed by atoms with Gasteiger partial charge in [-0.15, -0.1) is 6.42 Å². The fourth-order valence-electron chi connectivity index (χ4n) is 2.05. The maximum absolute atomic E-state index is 12.3. The smallest absolute Gasteiger partial charge is 0.253 e. The van der Waals surface area contributed by atoms with Crippen LogP contribution in [0.3, 0.4) is 0 Å². The molecular formula is C14H14ClIN2O. The van der Waals surface area contributed by atoms with E-state index < -0.39 is 0 Å². The molecule has 1 fully saturated rings. The van der Waals surface area contributed by atoms with Gasteiger partial charge in [0.05, 0.1) is 11.6 Å². The number of hydrogen-bond acceptors (Lipinski definition) is 2. The zero-order valence-electron chi connectivity index (χ0n) is 10.4. The number of piperazine rings is 1. The molecule has 1 heterocycles. The van der Waals surface area contributed by atoms with Gasteiger partial charge >= 0.3 is 0 Å². The van der Waals surface area contributed by atoms with E-state index in [0.29, 0.717) is 30.2 Å². The van der Waals surface area contributed by atoms with Crippen LogP contribution in [0.4, 0.5) is 0 Å². The minimum absolute atomic E-state index is 0.0404. The highest BCUT2D eigenvalue weighted by Crippen LogP contribution is 2.20. The zero-order valence-corrected chi connectivity index (χ0v) is 13.3. The number of halogens is 2. The Balaban J connectivity index is 2.01. The van der Waals surface area contributed by atoms with Crippen molar-refractivity contribution in [3.63, 3.8) is 0 Å². The second-order valence-corrected chi connectivity index (χ2v) is 5.97. The van der Waals surface area contributed by atoms with E-state index in [1.54, 1.807) is 6.07 Å². The summed E-state index contributed by atoms with van der Waals surface area (Å²) in [5.74, 6) is 2.67. The molecule has 3 nitrogen and oxygen atoms in total. The first-order valence-corrected chi connectivity index (χ1v) is 7.47. The van der Waals surface area contributed by atoms with Crippen LogP contribution in [-0.4, -0.2) is 48.4 Å². The van der Waals surface area contributed by atoms with Crippen LogP contribution in [0.15, 0.2) is 18.2 Å². The number of rotatable bonds is 2. The highest BCUT2D eigenvalue weighted by molar-refractivity contribution is 14.1. The van der Waals surface area contributed by atoms with Crippen molar-refractivity contribution in [2.75, 3.05) is 32.7 Å². The normalized spacial score (nSPS) is 16.2. The standard InChI is InChI=1S/C14H14ClIN2O/c1-2-5-17-6-8-18(9-7-17)14(19)11-3-4-13(16)12(15)10-11/h1,3-4,10H,5-9H2. The Morgan fingerprint density at radius 1 is 1.37 bits per heavy atom. The van der Waals surface area contributed by atoms with Crippen LogP contribution in [0.2, 0.25) is 5.02 Å². The highest BCUT2D eigenvalue weighted by atomic mass is 127. The number of nitrogens with zero attached hydrogens (tertiary/aromatic N) is 2. The molecule has 1 amide bonds. The van der Waals surface area contributed by atoms with E-state index in [1.165, 1.54) is 0 Å². The predicted octanol–water partition coefficient (Wildman–Crippen LogP) is 2.34. The molecular weight excluding hydrogens is 375 g/mol. The molecule has 19 heavy (non-hydrogen) atoms. The second kappa shape index (κ2) is 6.60. The van der Waals surface area contributed by atoms with Crippen molar-refractivity contribution < 1.29 is 4.79 Å². The van der Waals surface area contributed by atoms with Crippen molar-refractivity contribution in [1.29, 1.82) is 0 Å². The topological polar surface area (TPSA) is 23.6 Å². The largest absolute Gasteiger partial charge is 0.336 e. The summed E-state index contributed by atoms with van der Waals surface area (Å²) in [5.41, 5.74) is 0.649. The average molecular weight is 389 g/mol. The highest BCUT2D eigenvalue weighted by Gasteiger charge is 2.21. The SMILES string of the molecule is C#CCN1CCN(C(=O)c2ccc(I)c(Cl)c2)CC1. The van der Waals surface area contributed by atoms with Crippen molar-refractivity contribution in [3.05, 3.63) is 32.4 Å². The Morgan fingerprint density at radius 2 is 2.05 bits per heavy atom. The summed E-state index contributed by atoms with van der Waals surface area (Å²) in [5, 5.41) is 0.623. The minimum atomic E-state index is 0.0404. The summed E-state index contributed by atoms with van der Waals surface area (Å²) >= 11 is 8.20. The third-order valence-corrected chi connectivity index (χ3v) is 4.71. The van der Waals surface area contributed by atoms with Gasteiger partial charge in [0.1, 0.15) is 0 Å². The first-order chi connectivity index (χ1) is 9.11. The van der Waals surface area contributed by atoms with Crippen LogP contribution in [0.25, 0.3) is 0 Å². The monoisotopic (exact) mass is 388 g/mol. The lowest BCUT2D eigenvalue weighted by atomic mass is 10.2. The fraction of sp³-hybridized carbons (Fsp3) is 0.357. The van der Waals surface area contributed by atoms with Gasteiger partial charge in [-0.3, -0.25) is 9.69 Å². The van der Waals surface area contributed by atoms with Crippen LogP contribution in [-0.2, 0) is 0 Å². The van der Waals surface area contributed by atoms with Gasteiger partial charge < -0.3 is 4.90 Å². The van der Waals surface area contributed by atoms with Crippen LogP contribution < -0.4 is 0 Å². The molecule has 5 heteroatoms. The molecule has 0 bridgehead atoms. The molecule has 100 valence electrons. The minimum Gasteiger partial charge on any atom is -0.336 e. The third kappa shape index (κ3) is 3.62.